The summed E-state index contributed by atoms with van der Waals surface area (Å²) in [6.07, 6.45) is 2.26. The molecule has 0 aromatic heterocycles. The normalized spacial score (nSPS) is 11.5. The molecular formula is C10H15N2O. The fraction of sp³-hybridized carbons (Fsp3) is 0.600. The van der Waals surface area contributed by atoms with Gasteiger partial charge in [0.25, 0.3) is 0 Å². The number of nitriles is 1. The predicted molar refractivity (Wildman–Crippen MR) is 50.6 cm³/mol. The molecule has 0 bridgehead atoms. The van der Waals surface area contributed by atoms with Crippen LogP contribution in [0.1, 0.15) is 33.1 Å². The molecule has 0 aromatic rings. The van der Waals surface area contributed by atoms with Gasteiger partial charge < -0.3 is 5.32 Å². The third-order valence-electron chi connectivity index (χ3n) is 1.65. The Morgan fingerprint density at radius 2 is 2.31 bits per heavy atom. The smallest absolute Gasteiger partial charge is 0.217 e. The highest BCUT2D eigenvalue weighted by molar-refractivity contribution is 5.73. The van der Waals surface area contributed by atoms with Crippen molar-refractivity contribution >= 4 is 5.91 Å². The Morgan fingerprint density at radius 3 is 2.69 bits per heavy atom. The van der Waals surface area contributed by atoms with E-state index in [1.807, 2.05) is 13.0 Å². The Bertz CT molecular complexity index is 228. The molecule has 0 aromatic carbocycles. The lowest BCUT2D eigenvalue weighted by Gasteiger charge is -2.15. The van der Waals surface area contributed by atoms with Crippen molar-refractivity contribution in [1.82, 2.24) is 5.32 Å². The van der Waals surface area contributed by atoms with Gasteiger partial charge in [-0.05, 0) is 13.0 Å². The van der Waals surface area contributed by atoms with Crippen LogP contribution in [0.15, 0.2) is 5.57 Å². The van der Waals surface area contributed by atoms with Crippen LogP contribution in [-0.2, 0) is 4.79 Å². The molecule has 0 aliphatic heterocycles. The fourth-order valence-corrected chi connectivity index (χ4v) is 1.17. The molecule has 1 radical (unpaired) electrons. The first-order chi connectivity index (χ1) is 6.10. The molecule has 0 fully saturated rings. The first-order valence-corrected chi connectivity index (χ1v) is 4.38. The zero-order chi connectivity index (χ0) is 10.3. The molecule has 0 heterocycles. The van der Waals surface area contributed by atoms with E-state index in [4.69, 9.17) is 11.8 Å². The molecule has 1 amide bonds. The third kappa shape index (κ3) is 5.92. The molecule has 0 aliphatic carbocycles. The molecule has 1 atom stereocenters. The lowest BCUT2D eigenvalue weighted by atomic mass is 10.0. The Morgan fingerprint density at radius 1 is 1.69 bits per heavy atom. The molecule has 3 nitrogen and oxygen atoms in total. The van der Waals surface area contributed by atoms with Crippen molar-refractivity contribution in [3.05, 3.63) is 12.2 Å². The summed E-state index contributed by atoms with van der Waals surface area (Å²) in [7, 11) is 0. The van der Waals surface area contributed by atoms with Crippen LogP contribution < -0.4 is 5.32 Å². The zero-order valence-corrected chi connectivity index (χ0v) is 8.13. The number of nitrogens with one attached hydrogen (secondary N) is 1. The second kappa shape index (κ2) is 6.24. The van der Waals surface area contributed by atoms with Gasteiger partial charge in [-0.15, -0.1) is 0 Å². The van der Waals surface area contributed by atoms with Crippen LogP contribution in [0.3, 0.4) is 0 Å². The molecule has 3 heteroatoms. The van der Waals surface area contributed by atoms with Crippen LogP contribution in [0.2, 0.25) is 0 Å². The molecule has 1 unspecified atom stereocenters. The van der Waals surface area contributed by atoms with Crippen molar-refractivity contribution in [3.63, 3.8) is 0 Å². The summed E-state index contributed by atoms with van der Waals surface area (Å²) in [5.74, 6) is -0.0795. The largest absolute Gasteiger partial charge is 0.353 e. The van der Waals surface area contributed by atoms with E-state index >= 15 is 0 Å². The molecule has 0 spiro atoms. The van der Waals surface area contributed by atoms with Crippen LogP contribution in [0.25, 0.3) is 0 Å². The second-order valence-electron chi connectivity index (χ2n) is 3.03. The Kier molecular flexibility index (Phi) is 5.62. The highest BCUT2D eigenvalue weighted by atomic mass is 16.1. The van der Waals surface area contributed by atoms with Gasteiger partial charge in [0.15, 0.2) is 0 Å². The van der Waals surface area contributed by atoms with Crippen LogP contribution in [0.5, 0.6) is 0 Å². The number of carbonyl (C=O) groups is 1. The number of carbonyl (C=O) groups excluding carboxylic acids is 1. The zero-order valence-electron chi connectivity index (χ0n) is 8.13. The fourth-order valence-electron chi connectivity index (χ4n) is 1.17. The maximum Gasteiger partial charge on any atom is 0.217 e. The van der Waals surface area contributed by atoms with Crippen molar-refractivity contribution in [2.24, 2.45) is 0 Å². The van der Waals surface area contributed by atoms with Crippen molar-refractivity contribution in [2.75, 3.05) is 0 Å². The van der Waals surface area contributed by atoms with Crippen LogP contribution in [0.4, 0.5) is 0 Å². The van der Waals surface area contributed by atoms with Gasteiger partial charge in [-0.1, -0.05) is 13.3 Å². The van der Waals surface area contributed by atoms with Gasteiger partial charge in [-0.2, -0.15) is 5.26 Å². The van der Waals surface area contributed by atoms with E-state index in [0.717, 1.165) is 12.8 Å². The van der Waals surface area contributed by atoms with Crippen LogP contribution in [0, 0.1) is 17.9 Å². The minimum absolute atomic E-state index is 0.00199. The van der Waals surface area contributed by atoms with E-state index in [1.54, 1.807) is 0 Å². The lowest BCUT2D eigenvalue weighted by Crippen LogP contribution is -2.33. The van der Waals surface area contributed by atoms with E-state index in [2.05, 4.69) is 5.32 Å². The monoisotopic (exact) mass is 179 g/mol. The van der Waals surface area contributed by atoms with E-state index < -0.39 is 0 Å². The average Bonchev–Trinajstić information content (AvgIpc) is 2.03. The van der Waals surface area contributed by atoms with Gasteiger partial charge in [0.1, 0.15) is 0 Å². The summed E-state index contributed by atoms with van der Waals surface area (Å²) in [6, 6.07) is 1.87. The van der Waals surface area contributed by atoms with Gasteiger partial charge in [-0.25, -0.2) is 0 Å². The summed E-state index contributed by atoms with van der Waals surface area (Å²) in [6.45, 7) is 8.87. The standard InChI is InChI=1S/C10H15N2O/c1-4-5-10(12-9(3)13)6-8(2)7-11/h2,10H,4-6H2,1,3H3,(H,12,13). The van der Waals surface area contributed by atoms with E-state index in [1.165, 1.54) is 6.92 Å². The minimum atomic E-state index is -0.0795. The van der Waals surface area contributed by atoms with Crippen molar-refractivity contribution in [2.45, 2.75) is 39.2 Å². The van der Waals surface area contributed by atoms with Gasteiger partial charge in [0.05, 0.1) is 6.07 Å². The maximum atomic E-state index is 10.8. The quantitative estimate of drug-likeness (QED) is 0.651. The Labute approximate surface area is 79.4 Å². The minimum Gasteiger partial charge on any atom is -0.353 e. The van der Waals surface area contributed by atoms with Crippen molar-refractivity contribution in [1.29, 1.82) is 5.26 Å². The van der Waals surface area contributed by atoms with E-state index in [-0.39, 0.29) is 17.5 Å². The predicted octanol–water partition coefficient (Wildman–Crippen LogP) is 1.56. The summed E-state index contributed by atoms with van der Waals surface area (Å²) in [5, 5.41) is 11.2. The average molecular weight is 179 g/mol. The highest BCUT2D eigenvalue weighted by Crippen LogP contribution is 2.07. The first-order valence-electron chi connectivity index (χ1n) is 4.38. The number of hydrogen-bond acceptors (Lipinski definition) is 2. The third-order valence-corrected chi connectivity index (χ3v) is 1.65. The van der Waals surface area contributed by atoms with Crippen molar-refractivity contribution in [3.8, 4) is 6.07 Å². The topological polar surface area (TPSA) is 52.9 Å². The number of nitrogens with zero attached hydrogens (tertiary/aromatic N) is 1. The van der Waals surface area contributed by atoms with Crippen LogP contribution >= 0.6 is 0 Å². The first kappa shape index (κ1) is 11.7. The number of amides is 1. The molecule has 71 valence electrons. The van der Waals surface area contributed by atoms with Gasteiger partial charge in [0, 0.05) is 25.0 Å². The van der Waals surface area contributed by atoms with Gasteiger partial charge in [-0.3, -0.25) is 4.79 Å². The highest BCUT2D eigenvalue weighted by Gasteiger charge is 2.09. The second-order valence-corrected chi connectivity index (χ2v) is 3.03. The summed E-state index contributed by atoms with van der Waals surface area (Å²) < 4.78 is 0. The molecule has 0 saturated heterocycles. The summed E-state index contributed by atoms with van der Waals surface area (Å²) in [4.78, 5) is 10.8. The molecule has 0 aliphatic rings. The van der Waals surface area contributed by atoms with Crippen molar-refractivity contribution < 1.29 is 4.79 Å². The number of rotatable bonds is 5. The number of hydrogen-bond donors (Lipinski definition) is 1. The summed E-state index contributed by atoms with van der Waals surface area (Å²) in [5.41, 5.74) is 0.271. The van der Waals surface area contributed by atoms with Gasteiger partial charge in [0.2, 0.25) is 5.91 Å². The molecule has 0 rings (SSSR count). The molecule has 13 heavy (non-hydrogen) atoms. The Balaban J connectivity index is 4.02. The SMILES string of the molecule is [CH]=C(C#N)CC(CCC)NC(C)=O. The maximum absolute atomic E-state index is 10.8. The lowest BCUT2D eigenvalue weighted by molar-refractivity contribution is -0.119. The summed E-state index contributed by atoms with van der Waals surface area (Å²) >= 11 is 0. The Hall–Kier alpha value is -1.30. The molecule has 1 N–H and O–H groups in total. The van der Waals surface area contributed by atoms with E-state index in [9.17, 15) is 4.79 Å². The van der Waals surface area contributed by atoms with E-state index in [0.29, 0.717) is 6.42 Å². The van der Waals surface area contributed by atoms with Crippen LogP contribution in [-0.4, -0.2) is 11.9 Å². The molecular weight excluding hydrogens is 164 g/mol. The van der Waals surface area contributed by atoms with Gasteiger partial charge >= 0.3 is 0 Å². The molecule has 0 saturated carbocycles.